The van der Waals surface area contributed by atoms with Crippen molar-refractivity contribution in [2.24, 2.45) is 5.92 Å². The summed E-state index contributed by atoms with van der Waals surface area (Å²) < 4.78 is 0. The quantitative estimate of drug-likeness (QED) is 0.867. The van der Waals surface area contributed by atoms with Crippen molar-refractivity contribution in [3.05, 3.63) is 42.2 Å². The third-order valence-electron chi connectivity index (χ3n) is 5.81. The molecule has 0 spiro atoms. The normalized spacial score (nSPS) is 18.2. The molecule has 2 aromatic rings. The summed E-state index contributed by atoms with van der Waals surface area (Å²) in [7, 11) is 0. The van der Waals surface area contributed by atoms with Crippen LogP contribution < -0.4 is 10.2 Å². The molecule has 2 saturated heterocycles. The minimum Gasteiger partial charge on any atom is -0.372 e. The third-order valence-corrected chi connectivity index (χ3v) is 5.81. The zero-order valence-corrected chi connectivity index (χ0v) is 16.6. The molecule has 1 aromatic heterocycles. The van der Waals surface area contributed by atoms with Crippen molar-refractivity contribution in [3.63, 3.8) is 0 Å². The van der Waals surface area contributed by atoms with E-state index in [0.29, 0.717) is 11.5 Å². The number of nitrogens with zero attached hydrogens (tertiary/aromatic N) is 4. The van der Waals surface area contributed by atoms with Gasteiger partial charge >= 0.3 is 0 Å². The van der Waals surface area contributed by atoms with Crippen LogP contribution in [0.2, 0.25) is 0 Å². The molecule has 4 rings (SSSR count). The summed E-state index contributed by atoms with van der Waals surface area (Å²) in [5.74, 6) is 1.38. The molecule has 2 fully saturated rings. The number of benzene rings is 1. The van der Waals surface area contributed by atoms with Crippen LogP contribution in [-0.4, -0.2) is 47.0 Å². The van der Waals surface area contributed by atoms with E-state index in [4.69, 9.17) is 0 Å². The van der Waals surface area contributed by atoms with Gasteiger partial charge in [-0.25, -0.2) is 9.97 Å². The van der Waals surface area contributed by atoms with Crippen LogP contribution in [0.1, 0.15) is 49.4 Å². The predicted octanol–water partition coefficient (Wildman–Crippen LogP) is 4.08. The van der Waals surface area contributed by atoms with Crippen LogP contribution in [0.5, 0.6) is 0 Å². The number of carbonyl (C=O) groups is 1. The van der Waals surface area contributed by atoms with Crippen molar-refractivity contribution in [3.8, 4) is 0 Å². The molecular weight excluding hydrogens is 350 g/mol. The number of hydrogen-bond donors (Lipinski definition) is 1. The summed E-state index contributed by atoms with van der Waals surface area (Å²) in [6, 6.07) is 8.41. The van der Waals surface area contributed by atoms with Gasteiger partial charge in [-0.1, -0.05) is 6.92 Å². The maximum atomic E-state index is 12.5. The number of nitrogens with one attached hydrogen (secondary N) is 1. The van der Waals surface area contributed by atoms with Crippen LogP contribution in [-0.2, 0) is 0 Å². The first kappa shape index (κ1) is 18.7. The highest BCUT2D eigenvalue weighted by Crippen LogP contribution is 2.25. The Hall–Kier alpha value is -2.63. The van der Waals surface area contributed by atoms with Gasteiger partial charge in [0.1, 0.15) is 0 Å². The molecule has 2 aliphatic heterocycles. The topological polar surface area (TPSA) is 61.4 Å². The number of amides is 1. The summed E-state index contributed by atoms with van der Waals surface area (Å²) in [5, 5.41) is 3.22. The van der Waals surface area contributed by atoms with Crippen molar-refractivity contribution in [1.82, 2.24) is 14.9 Å². The van der Waals surface area contributed by atoms with Gasteiger partial charge in [0.2, 0.25) is 5.95 Å². The lowest BCUT2D eigenvalue weighted by Gasteiger charge is -2.32. The lowest BCUT2D eigenvalue weighted by molar-refractivity contribution is 0.0723. The molecule has 2 aliphatic rings. The Balaban J connectivity index is 1.35. The smallest absolute Gasteiger partial charge is 0.256 e. The summed E-state index contributed by atoms with van der Waals surface area (Å²) in [6.07, 6.45) is 9.13. The highest BCUT2D eigenvalue weighted by Gasteiger charge is 2.19. The van der Waals surface area contributed by atoms with Crippen molar-refractivity contribution in [2.45, 2.75) is 39.0 Å². The van der Waals surface area contributed by atoms with E-state index in [2.05, 4.69) is 51.4 Å². The molecule has 0 saturated carbocycles. The molecule has 6 nitrogen and oxygen atoms in total. The van der Waals surface area contributed by atoms with Crippen molar-refractivity contribution in [2.75, 3.05) is 36.4 Å². The predicted molar refractivity (Wildman–Crippen MR) is 112 cm³/mol. The fourth-order valence-electron chi connectivity index (χ4n) is 3.93. The van der Waals surface area contributed by atoms with Gasteiger partial charge < -0.3 is 15.1 Å². The Bertz CT molecular complexity index is 776. The van der Waals surface area contributed by atoms with E-state index in [1.807, 2.05) is 4.90 Å². The van der Waals surface area contributed by atoms with E-state index >= 15 is 0 Å². The van der Waals surface area contributed by atoms with Gasteiger partial charge in [-0.3, -0.25) is 4.79 Å². The van der Waals surface area contributed by atoms with E-state index in [1.54, 1.807) is 12.4 Å². The molecule has 1 amide bonds. The summed E-state index contributed by atoms with van der Waals surface area (Å²) in [5.41, 5.74) is 2.77. The van der Waals surface area contributed by atoms with Gasteiger partial charge in [0.05, 0.1) is 5.56 Å². The van der Waals surface area contributed by atoms with E-state index in [9.17, 15) is 4.79 Å². The largest absolute Gasteiger partial charge is 0.372 e. The fraction of sp³-hybridized carbons (Fsp3) is 0.500. The standard InChI is InChI=1S/C22H29N5O/c1-17-9-13-26(14-10-17)20-7-5-19(6-8-20)25-22-23-15-18(16-24-22)21(28)27-11-3-2-4-12-27/h5-8,15-17H,2-4,9-14H2,1H3,(H,23,24,25). The molecule has 0 radical (unpaired) electrons. The average molecular weight is 380 g/mol. The number of anilines is 3. The first-order chi connectivity index (χ1) is 13.7. The number of carbonyl (C=O) groups excluding carboxylic acids is 1. The lowest BCUT2D eigenvalue weighted by Crippen LogP contribution is -2.35. The van der Waals surface area contributed by atoms with Crippen LogP contribution in [0.3, 0.4) is 0 Å². The molecule has 0 atom stereocenters. The first-order valence-electron chi connectivity index (χ1n) is 10.4. The monoisotopic (exact) mass is 379 g/mol. The third kappa shape index (κ3) is 4.43. The van der Waals surface area contributed by atoms with Crippen molar-refractivity contribution < 1.29 is 4.79 Å². The number of aromatic nitrogens is 2. The minimum absolute atomic E-state index is 0.0338. The zero-order valence-electron chi connectivity index (χ0n) is 16.6. The van der Waals surface area contributed by atoms with E-state index in [0.717, 1.165) is 50.6 Å². The Morgan fingerprint density at radius 2 is 1.61 bits per heavy atom. The number of piperidine rings is 2. The Morgan fingerprint density at radius 3 is 2.25 bits per heavy atom. The minimum atomic E-state index is 0.0338. The second-order valence-corrected chi connectivity index (χ2v) is 7.99. The second-order valence-electron chi connectivity index (χ2n) is 7.99. The highest BCUT2D eigenvalue weighted by atomic mass is 16.2. The van der Waals surface area contributed by atoms with Gasteiger partial charge in [0, 0.05) is 49.9 Å². The van der Waals surface area contributed by atoms with Gasteiger partial charge in [0.15, 0.2) is 0 Å². The Kier molecular flexibility index (Phi) is 5.74. The van der Waals surface area contributed by atoms with Gasteiger partial charge in [-0.15, -0.1) is 0 Å². The van der Waals surface area contributed by atoms with Crippen LogP contribution in [0.25, 0.3) is 0 Å². The number of hydrogen-bond acceptors (Lipinski definition) is 5. The highest BCUT2D eigenvalue weighted by molar-refractivity contribution is 5.93. The molecule has 0 aliphatic carbocycles. The maximum Gasteiger partial charge on any atom is 0.256 e. The van der Waals surface area contributed by atoms with E-state index < -0.39 is 0 Å². The van der Waals surface area contributed by atoms with Crippen molar-refractivity contribution >= 4 is 23.2 Å². The van der Waals surface area contributed by atoms with Gasteiger partial charge in [-0.05, 0) is 62.3 Å². The van der Waals surface area contributed by atoms with Crippen LogP contribution in [0.15, 0.2) is 36.7 Å². The molecule has 28 heavy (non-hydrogen) atoms. The molecular formula is C22H29N5O. The number of rotatable bonds is 4. The fourth-order valence-corrected chi connectivity index (χ4v) is 3.93. The summed E-state index contributed by atoms with van der Waals surface area (Å²) in [4.78, 5) is 25.5. The molecule has 6 heteroatoms. The lowest BCUT2D eigenvalue weighted by atomic mass is 9.99. The summed E-state index contributed by atoms with van der Waals surface area (Å²) >= 11 is 0. The van der Waals surface area contributed by atoms with E-state index in [-0.39, 0.29) is 5.91 Å². The molecule has 0 bridgehead atoms. The van der Waals surface area contributed by atoms with Crippen LogP contribution in [0.4, 0.5) is 17.3 Å². The first-order valence-corrected chi connectivity index (χ1v) is 10.4. The average Bonchev–Trinajstić information content (AvgIpc) is 2.76. The maximum absolute atomic E-state index is 12.5. The second kappa shape index (κ2) is 8.59. The Labute approximate surface area is 167 Å². The van der Waals surface area contributed by atoms with Crippen LogP contribution >= 0.6 is 0 Å². The SMILES string of the molecule is CC1CCN(c2ccc(Nc3ncc(C(=O)N4CCCCC4)cn3)cc2)CC1. The molecule has 148 valence electrons. The molecule has 0 unspecified atom stereocenters. The van der Waals surface area contributed by atoms with Crippen LogP contribution in [0, 0.1) is 5.92 Å². The van der Waals surface area contributed by atoms with Gasteiger partial charge in [0.25, 0.3) is 5.91 Å². The number of likely N-dealkylation sites (tertiary alicyclic amines) is 1. The molecule has 3 heterocycles. The van der Waals surface area contributed by atoms with Gasteiger partial charge in [-0.2, -0.15) is 0 Å². The van der Waals surface area contributed by atoms with Crippen molar-refractivity contribution in [1.29, 1.82) is 0 Å². The van der Waals surface area contributed by atoms with E-state index in [1.165, 1.54) is 24.9 Å². The Morgan fingerprint density at radius 1 is 0.964 bits per heavy atom. The zero-order chi connectivity index (χ0) is 19.3. The molecule has 1 N–H and O–H groups in total. The summed E-state index contributed by atoms with van der Waals surface area (Å²) in [6.45, 7) is 6.26. The molecule has 1 aromatic carbocycles.